The molecule has 0 aliphatic rings. The lowest BCUT2D eigenvalue weighted by molar-refractivity contribution is -0.116. The van der Waals surface area contributed by atoms with Gasteiger partial charge in [0.2, 0.25) is 5.91 Å². The van der Waals surface area contributed by atoms with Crippen LogP contribution in [-0.2, 0) is 11.2 Å². The highest BCUT2D eigenvalue weighted by molar-refractivity contribution is 5.91. The number of nitrogens with zero attached hydrogens (tertiary/aromatic N) is 1. The predicted molar refractivity (Wildman–Crippen MR) is 80.8 cm³/mol. The summed E-state index contributed by atoms with van der Waals surface area (Å²) in [5.41, 5.74) is 8.22. The number of nitrogens with one attached hydrogen (secondary N) is 1. The summed E-state index contributed by atoms with van der Waals surface area (Å²) >= 11 is 0. The van der Waals surface area contributed by atoms with Crippen LogP contribution in [0.3, 0.4) is 0 Å². The van der Waals surface area contributed by atoms with E-state index in [1.807, 2.05) is 30.3 Å². The van der Waals surface area contributed by atoms with E-state index in [2.05, 4.69) is 10.3 Å². The zero-order valence-corrected chi connectivity index (χ0v) is 11.1. The fourth-order valence-electron chi connectivity index (χ4n) is 1.70. The summed E-state index contributed by atoms with van der Waals surface area (Å²) in [6, 6.07) is 13.1. The predicted octanol–water partition coefficient (Wildman–Crippen LogP) is 2.04. The van der Waals surface area contributed by atoms with Gasteiger partial charge in [-0.3, -0.25) is 9.78 Å². The molecule has 4 nitrogen and oxygen atoms in total. The highest BCUT2D eigenvalue weighted by Gasteiger charge is 1.97. The van der Waals surface area contributed by atoms with Gasteiger partial charge in [0.1, 0.15) is 0 Å². The third-order valence-electron chi connectivity index (χ3n) is 2.77. The van der Waals surface area contributed by atoms with E-state index in [0.717, 1.165) is 17.7 Å². The van der Waals surface area contributed by atoms with Crippen molar-refractivity contribution in [2.24, 2.45) is 0 Å². The average molecular weight is 267 g/mol. The minimum atomic E-state index is -0.113. The van der Waals surface area contributed by atoms with Gasteiger partial charge in [-0.1, -0.05) is 18.2 Å². The zero-order valence-electron chi connectivity index (χ0n) is 11.1. The highest BCUT2D eigenvalue weighted by atomic mass is 16.1. The fraction of sp³-hybridized carbons (Fsp3) is 0.125. The van der Waals surface area contributed by atoms with Crippen LogP contribution in [0.5, 0.6) is 0 Å². The van der Waals surface area contributed by atoms with Crippen molar-refractivity contribution in [3.63, 3.8) is 0 Å². The third kappa shape index (κ3) is 4.57. The van der Waals surface area contributed by atoms with E-state index >= 15 is 0 Å². The number of pyridine rings is 1. The third-order valence-corrected chi connectivity index (χ3v) is 2.77. The molecule has 0 saturated carbocycles. The van der Waals surface area contributed by atoms with E-state index < -0.39 is 0 Å². The molecule has 0 aliphatic heterocycles. The Labute approximate surface area is 118 Å². The summed E-state index contributed by atoms with van der Waals surface area (Å²) in [7, 11) is 0. The second-order valence-corrected chi connectivity index (χ2v) is 4.36. The number of carbonyl (C=O) groups excluding carboxylic acids is 1. The van der Waals surface area contributed by atoms with Crippen LogP contribution in [0.4, 0.5) is 5.69 Å². The molecule has 0 fully saturated rings. The van der Waals surface area contributed by atoms with Crippen molar-refractivity contribution in [1.82, 2.24) is 10.3 Å². The molecule has 0 saturated heterocycles. The number of carbonyl (C=O) groups is 1. The Morgan fingerprint density at radius 3 is 2.70 bits per heavy atom. The van der Waals surface area contributed by atoms with Gasteiger partial charge in [0.05, 0.1) is 0 Å². The second kappa shape index (κ2) is 7.09. The van der Waals surface area contributed by atoms with Crippen LogP contribution >= 0.6 is 0 Å². The number of nitrogen functional groups attached to an aromatic ring is 1. The fourth-order valence-corrected chi connectivity index (χ4v) is 1.70. The molecule has 1 amide bonds. The Hall–Kier alpha value is -2.62. The molecule has 0 bridgehead atoms. The number of nitrogens with two attached hydrogens (primary N) is 1. The Bertz CT molecular complexity index is 576. The van der Waals surface area contributed by atoms with E-state index in [4.69, 9.17) is 5.73 Å². The van der Waals surface area contributed by atoms with Crippen molar-refractivity contribution < 1.29 is 4.79 Å². The van der Waals surface area contributed by atoms with Gasteiger partial charge in [-0.2, -0.15) is 0 Å². The Kier molecular flexibility index (Phi) is 4.89. The first kappa shape index (κ1) is 13.8. The van der Waals surface area contributed by atoms with Gasteiger partial charge in [0.25, 0.3) is 0 Å². The number of hydrogen-bond donors (Lipinski definition) is 2. The Balaban J connectivity index is 1.76. The standard InChI is InChI=1S/C16H17N3O/c17-14-7-4-13(5-8-14)6-9-16(20)19-12-10-15-3-1-2-11-18-15/h1-9,11H,10,12,17H2,(H,19,20)/b9-6+. The Morgan fingerprint density at radius 1 is 1.20 bits per heavy atom. The van der Waals surface area contributed by atoms with Gasteiger partial charge < -0.3 is 11.1 Å². The molecule has 2 rings (SSSR count). The summed E-state index contributed by atoms with van der Waals surface area (Å²) in [6.45, 7) is 0.571. The van der Waals surface area contributed by atoms with Gasteiger partial charge in [0, 0.05) is 36.6 Å². The lowest BCUT2D eigenvalue weighted by atomic mass is 10.2. The molecule has 0 radical (unpaired) electrons. The lowest BCUT2D eigenvalue weighted by Gasteiger charge is -2.01. The molecule has 0 unspecified atom stereocenters. The van der Waals surface area contributed by atoms with Crippen molar-refractivity contribution in [2.45, 2.75) is 6.42 Å². The topological polar surface area (TPSA) is 68.0 Å². The van der Waals surface area contributed by atoms with E-state index in [1.54, 1.807) is 24.4 Å². The van der Waals surface area contributed by atoms with Crippen molar-refractivity contribution in [1.29, 1.82) is 0 Å². The van der Waals surface area contributed by atoms with E-state index in [1.165, 1.54) is 6.08 Å². The molecule has 0 atom stereocenters. The normalized spacial score (nSPS) is 10.6. The zero-order chi connectivity index (χ0) is 14.2. The van der Waals surface area contributed by atoms with Crippen molar-refractivity contribution in [3.8, 4) is 0 Å². The molecule has 3 N–H and O–H groups in total. The molecule has 20 heavy (non-hydrogen) atoms. The van der Waals surface area contributed by atoms with Crippen LogP contribution in [0.1, 0.15) is 11.3 Å². The molecule has 4 heteroatoms. The molecule has 0 spiro atoms. The smallest absolute Gasteiger partial charge is 0.244 e. The van der Waals surface area contributed by atoms with E-state index in [-0.39, 0.29) is 5.91 Å². The van der Waals surface area contributed by atoms with Gasteiger partial charge in [-0.15, -0.1) is 0 Å². The average Bonchev–Trinajstić information content (AvgIpc) is 2.48. The van der Waals surface area contributed by atoms with Gasteiger partial charge in [-0.25, -0.2) is 0 Å². The van der Waals surface area contributed by atoms with Crippen LogP contribution in [0.25, 0.3) is 6.08 Å². The maximum Gasteiger partial charge on any atom is 0.244 e. The van der Waals surface area contributed by atoms with Crippen LogP contribution in [0.15, 0.2) is 54.7 Å². The number of aromatic nitrogens is 1. The quantitative estimate of drug-likeness (QED) is 0.643. The minimum Gasteiger partial charge on any atom is -0.399 e. The Morgan fingerprint density at radius 2 is 2.00 bits per heavy atom. The second-order valence-electron chi connectivity index (χ2n) is 4.36. The van der Waals surface area contributed by atoms with Gasteiger partial charge >= 0.3 is 0 Å². The number of benzene rings is 1. The van der Waals surface area contributed by atoms with Gasteiger partial charge in [0.15, 0.2) is 0 Å². The molecule has 1 heterocycles. The van der Waals surface area contributed by atoms with Crippen LogP contribution in [0.2, 0.25) is 0 Å². The van der Waals surface area contributed by atoms with Crippen molar-refractivity contribution in [2.75, 3.05) is 12.3 Å². The molecule has 102 valence electrons. The summed E-state index contributed by atoms with van der Waals surface area (Å²) in [6.07, 6.45) is 5.75. The first-order chi connectivity index (χ1) is 9.74. The first-order valence-corrected chi connectivity index (χ1v) is 6.45. The van der Waals surface area contributed by atoms with Crippen LogP contribution < -0.4 is 11.1 Å². The molecular weight excluding hydrogens is 250 g/mol. The van der Waals surface area contributed by atoms with Crippen molar-refractivity contribution in [3.05, 3.63) is 66.0 Å². The molecule has 2 aromatic rings. The summed E-state index contributed by atoms with van der Waals surface area (Å²) in [4.78, 5) is 15.8. The van der Waals surface area contributed by atoms with Gasteiger partial charge in [-0.05, 0) is 35.9 Å². The lowest BCUT2D eigenvalue weighted by Crippen LogP contribution is -2.23. The van der Waals surface area contributed by atoms with Crippen LogP contribution in [-0.4, -0.2) is 17.4 Å². The summed E-state index contributed by atoms with van der Waals surface area (Å²) in [5, 5.41) is 2.82. The largest absolute Gasteiger partial charge is 0.399 e. The number of rotatable bonds is 5. The maximum absolute atomic E-state index is 11.6. The molecular formula is C16H17N3O. The molecule has 0 aliphatic carbocycles. The number of amides is 1. The summed E-state index contributed by atoms with van der Waals surface area (Å²) < 4.78 is 0. The SMILES string of the molecule is Nc1ccc(/C=C/C(=O)NCCc2ccccn2)cc1. The summed E-state index contributed by atoms with van der Waals surface area (Å²) in [5.74, 6) is -0.113. The van der Waals surface area contributed by atoms with Crippen LogP contribution in [0, 0.1) is 0 Å². The minimum absolute atomic E-state index is 0.113. The monoisotopic (exact) mass is 267 g/mol. The maximum atomic E-state index is 11.6. The highest BCUT2D eigenvalue weighted by Crippen LogP contribution is 2.06. The van der Waals surface area contributed by atoms with Crippen molar-refractivity contribution >= 4 is 17.7 Å². The number of hydrogen-bond acceptors (Lipinski definition) is 3. The van der Waals surface area contributed by atoms with E-state index in [9.17, 15) is 4.79 Å². The molecule has 1 aromatic heterocycles. The number of anilines is 1. The first-order valence-electron chi connectivity index (χ1n) is 6.45. The molecule has 1 aromatic carbocycles. The van der Waals surface area contributed by atoms with E-state index in [0.29, 0.717) is 12.2 Å².